The van der Waals surface area contributed by atoms with Crippen LogP contribution in [0.3, 0.4) is 0 Å². The Hall–Kier alpha value is -1.39. The molecule has 1 aliphatic rings. The van der Waals surface area contributed by atoms with Crippen molar-refractivity contribution in [1.29, 1.82) is 0 Å². The van der Waals surface area contributed by atoms with Gasteiger partial charge in [-0.1, -0.05) is 24.3 Å². The minimum Gasteiger partial charge on any atom is -0.390 e. The Morgan fingerprint density at radius 1 is 1.35 bits per heavy atom. The van der Waals surface area contributed by atoms with Crippen molar-refractivity contribution in [2.24, 2.45) is 0 Å². The van der Waals surface area contributed by atoms with Gasteiger partial charge in [0.15, 0.2) is 0 Å². The van der Waals surface area contributed by atoms with Gasteiger partial charge in [-0.2, -0.15) is 0 Å². The van der Waals surface area contributed by atoms with Crippen molar-refractivity contribution in [2.75, 3.05) is 6.54 Å². The summed E-state index contributed by atoms with van der Waals surface area (Å²) in [4.78, 5) is 12.0. The summed E-state index contributed by atoms with van der Waals surface area (Å²) in [5, 5.41) is 16.3. The minimum atomic E-state index is -0.521. The fraction of sp³-hybridized carbons (Fsp3) is 0.562. The van der Waals surface area contributed by atoms with Crippen LogP contribution in [0.2, 0.25) is 0 Å². The molecule has 0 saturated heterocycles. The molecule has 1 aliphatic carbocycles. The minimum absolute atomic E-state index is 0.0136. The molecule has 1 amide bonds. The van der Waals surface area contributed by atoms with Gasteiger partial charge < -0.3 is 15.7 Å². The van der Waals surface area contributed by atoms with E-state index in [-0.39, 0.29) is 17.5 Å². The van der Waals surface area contributed by atoms with Gasteiger partial charge >= 0.3 is 0 Å². The van der Waals surface area contributed by atoms with E-state index in [4.69, 9.17) is 0 Å². The van der Waals surface area contributed by atoms with Gasteiger partial charge in [0, 0.05) is 24.9 Å². The van der Waals surface area contributed by atoms with E-state index in [2.05, 4.69) is 31.4 Å². The molecule has 4 heteroatoms. The first-order chi connectivity index (χ1) is 9.37. The van der Waals surface area contributed by atoms with E-state index in [9.17, 15) is 9.90 Å². The zero-order valence-corrected chi connectivity index (χ0v) is 12.4. The average molecular weight is 276 g/mol. The number of fused-ring (bicyclic) bond motifs is 1. The Labute approximate surface area is 120 Å². The molecule has 0 fully saturated rings. The lowest BCUT2D eigenvalue weighted by Gasteiger charge is -2.21. The van der Waals surface area contributed by atoms with Gasteiger partial charge in [0.2, 0.25) is 5.91 Å². The number of nitrogens with one attached hydrogen (secondary N) is 2. The third-order valence-electron chi connectivity index (χ3n) is 3.53. The summed E-state index contributed by atoms with van der Waals surface area (Å²) in [6, 6.07) is 7.61. The third-order valence-corrected chi connectivity index (χ3v) is 3.53. The summed E-state index contributed by atoms with van der Waals surface area (Å²) in [7, 11) is 0. The van der Waals surface area contributed by atoms with Gasteiger partial charge in [0.1, 0.15) is 0 Å². The second-order valence-electron chi connectivity index (χ2n) is 6.44. The zero-order chi connectivity index (χ0) is 14.8. The molecule has 110 valence electrons. The smallest absolute Gasteiger partial charge is 0.221 e. The van der Waals surface area contributed by atoms with Crippen molar-refractivity contribution in [2.45, 2.75) is 51.3 Å². The van der Waals surface area contributed by atoms with Crippen molar-refractivity contribution in [3.63, 3.8) is 0 Å². The van der Waals surface area contributed by atoms with Crippen LogP contribution in [0.4, 0.5) is 0 Å². The highest BCUT2D eigenvalue weighted by Crippen LogP contribution is 2.31. The van der Waals surface area contributed by atoms with Gasteiger partial charge in [-0.05, 0) is 31.9 Å². The lowest BCUT2D eigenvalue weighted by atomic mass is 10.1. The van der Waals surface area contributed by atoms with E-state index >= 15 is 0 Å². The van der Waals surface area contributed by atoms with Crippen LogP contribution in [0.15, 0.2) is 24.3 Å². The lowest BCUT2D eigenvalue weighted by molar-refractivity contribution is -0.122. The molecule has 20 heavy (non-hydrogen) atoms. The number of hydrogen-bond acceptors (Lipinski definition) is 3. The Kier molecular flexibility index (Phi) is 4.45. The number of aliphatic hydroxyl groups is 1. The summed E-state index contributed by atoms with van der Waals surface area (Å²) in [6.45, 7) is 6.85. The highest BCUT2D eigenvalue weighted by molar-refractivity contribution is 5.77. The molecule has 4 nitrogen and oxygen atoms in total. The Bertz CT molecular complexity index is 480. The Morgan fingerprint density at radius 2 is 2.05 bits per heavy atom. The highest BCUT2D eigenvalue weighted by Gasteiger charge is 2.31. The molecule has 2 rings (SSSR count). The topological polar surface area (TPSA) is 61.4 Å². The van der Waals surface area contributed by atoms with Gasteiger partial charge in [-0.25, -0.2) is 0 Å². The average Bonchev–Trinajstić information content (AvgIpc) is 2.64. The summed E-state index contributed by atoms with van der Waals surface area (Å²) in [5.41, 5.74) is 2.18. The SMILES string of the molecule is CC(C)(C)NCCC(=O)N[C@H]1c2ccccc2C[C@H]1O. The number of benzene rings is 1. The maximum Gasteiger partial charge on any atom is 0.221 e. The third kappa shape index (κ3) is 3.81. The molecule has 3 N–H and O–H groups in total. The Balaban J connectivity index is 1.89. The first kappa shape index (κ1) is 15.0. The monoisotopic (exact) mass is 276 g/mol. The second kappa shape index (κ2) is 5.94. The van der Waals surface area contributed by atoms with Crippen LogP contribution >= 0.6 is 0 Å². The molecule has 0 aliphatic heterocycles. The van der Waals surface area contributed by atoms with Crippen LogP contribution in [-0.4, -0.2) is 29.2 Å². The van der Waals surface area contributed by atoms with Gasteiger partial charge in [-0.15, -0.1) is 0 Å². The zero-order valence-electron chi connectivity index (χ0n) is 12.4. The van der Waals surface area contributed by atoms with Crippen molar-refractivity contribution < 1.29 is 9.90 Å². The molecule has 0 aromatic heterocycles. The van der Waals surface area contributed by atoms with E-state index in [0.717, 1.165) is 11.1 Å². The molecule has 0 radical (unpaired) electrons. The summed E-state index contributed by atoms with van der Waals surface area (Å²) >= 11 is 0. The van der Waals surface area contributed by atoms with E-state index < -0.39 is 6.10 Å². The van der Waals surface area contributed by atoms with Crippen LogP contribution in [-0.2, 0) is 11.2 Å². The van der Waals surface area contributed by atoms with E-state index in [1.807, 2.05) is 24.3 Å². The summed E-state index contributed by atoms with van der Waals surface area (Å²) in [6.07, 6.45) is 0.510. The summed E-state index contributed by atoms with van der Waals surface area (Å²) < 4.78 is 0. The summed E-state index contributed by atoms with van der Waals surface area (Å²) in [5.74, 6) is -0.0255. The van der Waals surface area contributed by atoms with Crippen LogP contribution in [0, 0.1) is 0 Å². The number of hydrogen-bond donors (Lipinski definition) is 3. The molecule has 1 aromatic rings. The van der Waals surface area contributed by atoms with E-state index in [0.29, 0.717) is 19.4 Å². The number of carbonyl (C=O) groups is 1. The van der Waals surface area contributed by atoms with Gasteiger partial charge in [-0.3, -0.25) is 4.79 Å². The van der Waals surface area contributed by atoms with Crippen LogP contribution in [0.25, 0.3) is 0 Å². The van der Waals surface area contributed by atoms with Crippen molar-refractivity contribution in [1.82, 2.24) is 10.6 Å². The van der Waals surface area contributed by atoms with Crippen molar-refractivity contribution in [3.05, 3.63) is 35.4 Å². The van der Waals surface area contributed by atoms with Crippen LogP contribution < -0.4 is 10.6 Å². The lowest BCUT2D eigenvalue weighted by Crippen LogP contribution is -2.40. The van der Waals surface area contributed by atoms with Crippen molar-refractivity contribution >= 4 is 5.91 Å². The number of rotatable bonds is 4. The van der Waals surface area contributed by atoms with Crippen molar-refractivity contribution in [3.8, 4) is 0 Å². The number of carbonyl (C=O) groups excluding carboxylic acids is 1. The predicted octanol–water partition coefficient (Wildman–Crippen LogP) is 1.54. The highest BCUT2D eigenvalue weighted by atomic mass is 16.3. The maximum atomic E-state index is 12.0. The maximum absolute atomic E-state index is 12.0. The molecular weight excluding hydrogens is 252 g/mol. The molecule has 0 bridgehead atoms. The molecular formula is C16H24N2O2. The van der Waals surface area contributed by atoms with Crippen LogP contribution in [0.5, 0.6) is 0 Å². The predicted molar refractivity (Wildman–Crippen MR) is 79.4 cm³/mol. The molecule has 0 saturated carbocycles. The Morgan fingerprint density at radius 3 is 2.75 bits per heavy atom. The largest absolute Gasteiger partial charge is 0.390 e. The van der Waals surface area contributed by atoms with E-state index in [1.165, 1.54) is 0 Å². The van der Waals surface area contributed by atoms with E-state index in [1.54, 1.807) is 0 Å². The molecule has 0 spiro atoms. The first-order valence-corrected chi connectivity index (χ1v) is 7.17. The normalized spacial score (nSPS) is 21.6. The number of amides is 1. The fourth-order valence-corrected chi connectivity index (χ4v) is 2.54. The molecule has 0 heterocycles. The van der Waals surface area contributed by atoms with Gasteiger partial charge in [0.05, 0.1) is 12.1 Å². The second-order valence-corrected chi connectivity index (χ2v) is 6.44. The molecule has 1 aromatic carbocycles. The van der Waals surface area contributed by atoms with Crippen LogP contribution in [0.1, 0.15) is 44.4 Å². The molecule has 2 atom stereocenters. The number of aliphatic hydroxyl groups excluding tert-OH is 1. The van der Waals surface area contributed by atoms with Gasteiger partial charge in [0.25, 0.3) is 0 Å². The molecule has 0 unspecified atom stereocenters. The first-order valence-electron chi connectivity index (χ1n) is 7.17. The quantitative estimate of drug-likeness (QED) is 0.782. The standard InChI is InChI=1S/C16H24N2O2/c1-16(2,3)17-9-8-14(20)18-15-12-7-5-4-6-11(12)10-13(15)19/h4-7,13,15,17,19H,8-10H2,1-3H3,(H,18,20)/t13-,15+/m1/s1. The fourth-order valence-electron chi connectivity index (χ4n) is 2.54.